The molecule has 0 bridgehead atoms. The van der Waals surface area contributed by atoms with Crippen LogP contribution in [0.3, 0.4) is 0 Å². The molecule has 2 fully saturated rings. The highest BCUT2D eigenvalue weighted by molar-refractivity contribution is 8.15. The molecule has 0 radical (unpaired) electrons. The van der Waals surface area contributed by atoms with Crippen molar-refractivity contribution in [3.05, 3.63) is 0 Å². The van der Waals surface area contributed by atoms with E-state index < -0.39 is 23.9 Å². The van der Waals surface area contributed by atoms with E-state index >= 15 is 0 Å². The van der Waals surface area contributed by atoms with Gasteiger partial charge >= 0.3 is 5.97 Å². The van der Waals surface area contributed by atoms with Gasteiger partial charge in [0, 0.05) is 0 Å². The van der Waals surface area contributed by atoms with Crippen molar-refractivity contribution in [2.75, 3.05) is 0 Å². The van der Waals surface area contributed by atoms with Crippen LogP contribution in [0.2, 0.25) is 0 Å². The molecule has 0 aromatic carbocycles. The Bertz CT molecular complexity index is 384. The minimum absolute atomic E-state index is 0.338. The molecule has 0 aromatic heterocycles. The van der Waals surface area contributed by atoms with E-state index in [0.29, 0.717) is 11.3 Å². The summed E-state index contributed by atoms with van der Waals surface area (Å²) in [6, 6.07) is -3.41. The molecular formula is C15H28NO3PS. The normalized spacial score (nSPS) is 25.4. The monoisotopic (exact) mass is 333 g/mol. The second-order valence-electron chi connectivity index (χ2n) is 6.62. The summed E-state index contributed by atoms with van der Waals surface area (Å²) in [6.45, 7) is 0. The lowest BCUT2D eigenvalue weighted by molar-refractivity contribution is -0.139. The lowest BCUT2D eigenvalue weighted by atomic mass is 9.99. The van der Waals surface area contributed by atoms with Gasteiger partial charge < -0.3 is 15.9 Å². The van der Waals surface area contributed by atoms with Gasteiger partial charge in [-0.25, -0.2) is 0 Å². The van der Waals surface area contributed by atoms with Crippen LogP contribution in [0.5, 0.6) is 0 Å². The summed E-state index contributed by atoms with van der Waals surface area (Å²) in [5.41, 5.74) is 6.45. The van der Waals surface area contributed by atoms with Crippen LogP contribution in [-0.4, -0.2) is 39.4 Å². The molecule has 2 saturated carbocycles. The van der Waals surface area contributed by atoms with E-state index in [9.17, 15) is 15.0 Å². The summed E-state index contributed by atoms with van der Waals surface area (Å²) in [6.07, 6.45) is 11.3. The molecule has 0 aliphatic heterocycles. The van der Waals surface area contributed by atoms with Gasteiger partial charge in [-0.15, -0.1) is 0 Å². The quantitative estimate of drug-likeness (QED) is 0.674. The Balaban J connectivity index is 2.27. The highest BCUT2D eigenvalue weighted by Gasteiger charge is 2.45. The molecular weight excluding hydrogens is 305 g/mol. The van der Waals surface area contributed by atoms with Crippen LogP contribution in [-0.2, 0) is 16.6 Å². The number of hydrogen-bond acceptors (Lipinski definition) is 4. The molecule has 4 N–H and O–H groups in total. The molecule has 0 amide bonds. The molecule has 2 aliphatic carbocycles. The van der Waals surface area contributed by atoms with Gasteiger partial charge in [0.25, 0.3) is 0 Å². The predicted octanol–water partition coefficient (Wildman–Crippen LogP) is 2.86. The third kappa shape index (κ3) is 3.69. The number of nitrogens with two attached hydrogens (primary N) is 1. The molecule has 0 aromatic rings. The summed E-state index contributed by atoms with van der Waals surface area (Å²) in [5, 5.41) is 19.9. The van der Waals surface area contributed by atoms with Gasteiger partial charge in [-0.2, -0.15) is 0 Å². The number of aliphatic hydroxyl groups is 1. The van der Waals surface area contributed by atoms with E-state index in [1.54, 1.807) is 0 Å². The van der Waals surface area contributed by atoms with Crippen molar-refractivity contribution in [2.45, 2.75) is 87.4 Å². The minimum atomic E-state index is -2.19. The van der Waals surface area contributed by atoms with E-state index in [1.165, 1.54) is 12.8 Å². The Morgan fingerprint density at radius 1 is 1.00 bits per heavy atom. The van der Waals surface area contributed by atoms with Crippen LogP contribution in [0.25, 0.3) is 0 Å². The standard InChI is InChI=1S/C15H28NO3PS/c16-13(14(17)18)15(19)20(21,11-7-3-1-4-8-11)12-9-5-2-6-10-12/h11-13,15,19H,1-10,16H2,(H,17,18)/t13-,15?/m1/s1. The first-order valence-electron chi connectivity index (χ1n) is 8.23. The van der Waals surface area contributed by atoms with E-state index in [4.69, 9.17) is 17.5 Å². The number of aliphatic hydroxyl groups excluding tert-OH is 1. The Morgan fingerprint density at radius 2 is 1.38 bits per heavy atom. The highest BCUT2D eigenvalue weighted by atomic mass is 32.4. The fourth-order valence-corrected chi connectivity index (χ4v) is 10.2. The first-order chi connectivity index (χ1) is 9.98. The summed E-state index contributed by atoms with van der Waals surface area (Å²) >= 11 is 6.08. The molecule has 0 heterocycles. The maximum absolute atomic E-state index is 11.2. The zero-order chi connectivity index (χ0) is 15.5. The van der Waals surface area contributed by atoms with Gasteiger partial charge in [-0.05, 0) is 43.0 Å². The zero-order valence-electron chi connectivity index (χ0n) is 12.6. The zero-order valence-corrected chi connectivity index (χ0v) is 14.3. The van der Waals surface area contributed by atoms with Crippen molar-refractivity contribution in [1.82, 2.24) is 0 Å². The number of aliphatic carboxylic acids is 1. The van der Waals surface area contributed by atoms with E-state index in [0.717, 1.165) is 51.4 Å². The van der Waals surface area contributed by atoms with Crippen molar-refractivity contribution < 1.29 is 15.0 Å². The van der Waals surface area contributed by atoms with Crippen LogP contribution in [0, 0.1) is 0 Å². The van der Waals surface area contributed by atoms with Crippen LogP contribution in [0.15, 0.2) is 0 Å². The number of carboxylic acid groups (broad SMARTS) is 1. The molecule has 122 valence electrons. The van der Waals surface area contributed by atoms with Crippen LogP contribution >= 0.6 is 6.04 Å². The lowest BCUT2D eigenvalue weighted by Gasteiger charge is -2.45. The molecule has 6 heteroatoms. The van der Waals surface area contributed by atoms with Crippen LogP contribution < -0.4 is 5.73 Å². The SMILES string of the molecule is N[C@H](C(=O)O)C(O)P(=S)(C1CCCCC1)C1CCCCC1. The molecule has 0 spiro atoms. The maximum Gasteiger partial charge on any atom is 0.323 e. The van der Waals surface area contributed by atoms with Crippen molar-refractivity contribution >= 4 is 23.8 Å². The Labute approximate surface area is 132 Å². The van der Waals surface area contributed by atoms with Gasteiger partial charge in [-0.3, -0.25) is 4.79 Å². The van der Waals surface area contributed by atoms with Crippen molar-refractivity contribution in [3.8, 4) is 0 Å². The number of hydrogen-bond donors (Lipinski definition) is 3. The number of carbonyl (C=O) groups is 1. The molecule has 2 atom stereocenters. The summed E-state index contributed by atoms with van der Waals surface area (Å²) in [7, 11) is 0. The van der Waals surface area contributed by atoms with E-state index in [2.05, 4.69) is 0 Å². The Hall–Kier alpha value is 0.0400. The molecule has 0 saturated heterocycles. The van der Waals surface area contributed by atoms with Gasteiger partial charge in [0.15, 0.2) is 0 Å². The fraction of sp³-hybridized carbons (Fsp3) is 0.933. The van der Waals surface area contributed by atoms with Gasteiger partial charge in [-0.1, -0.05) is 50.3 Å². The average Bonchev–Trinajstić information content (AvgIpc) is 2.54. The first-order valence-corrected chi connectivity index (χ1v) is 11.2. The van der Waals surface area contributed by atoms with Crippen molar-refractivity contribution in [1.29, 1.82) is 0 Å². The number of rotatable bonds is 5. The third-order valence-electron chi connectivity index (χ3n) is 5.31. The molecule has 2 rings (SSSR count). The third-order valence-corrected chi connectivity index (χ3v) is 12.2. The second-order valence-corrected chi connectivity index (χ2v) is 12.0. The molecule has 1 unspecified atom stereocenters. The fourth-order valence-electron chi connectivity index (χ4n) is 4.08. The van der Waals surface area contributed by atoms with E-state index in [-0.39, 0.29) is 0 Å². The lowest BCUT2D eigenvalue weighted by Crippen LogP contribution is -2.45. The smallest absolute Gasteiger partial charge is 0.323 e. The van der Waals surface area contributed by atoms with Gasteiger partial charge in [0.2, 0.25) is 0 Å². The molecule has 21 heavy (non-hydrogen) atoms. The van der Waals surface area contributed by atoms with Crippen LogP contribution in [0.4, 0.5) is 0 Å². The highest BCUT2D eigenvalue weighted by Crippen LogP contribution is 2.65. The first kappa shape index (κ1) is 17.4. The number of carboxylic acids is 1. The Kier molecular flexibility index (Phi) is 6.25. The van der Waals surface area contributed by atoms with Crippen LogP contribution in [0.1, 0.15) is 64.2 Å². The summed E-state index contributed by atoms with van der Waals surface area (Å²) in [4.78, 5) is 11.2. The minimum Gasteiger partial charge on any atom is -0.480 e. The second kappa shape index (κ2) is 7.54. The Morgan fingerprint density at radius 3 is 1.71 bits per heavy atom. The van der Waals surface area contributed by atoms with Crippen molar-refractivity contribution in [2.24, 2.45) is 5.73 Å². The summed E-state index contributed by atoms with van der Waals surface area (Å²) < 4.78 is 0. The summed E-state index contributed by atoms with van der Waals surface area (Å²) in [5.74, 6) is -2.14. The van der Waals surface area contributed by atoms with E-state index in [1.807, 2.05) is 0 Å². The molecule has 4 nitrogen and oxygen atoms in total. The topological polar surface area (TPSA) is 83.6 Å². The maximum atomic E-state index is 11.2. The molecule has 2 aliphatic rings. The largest absolute Gasteiger partial charge is 0.480 e. The van der Waals surface area contributed by atoms with Gasteiger partial charge in [0.1, 0.15) is 11.9 Å². The average molecular weight is 333 g/mol. The van der Waals surface area contributed by atoms with Gasteiger partial charge in [0.05, 0.1) is 0 Å². The predicted molar refractivity (Wildman–Crippen MR) is 89.6 cm³/mol. The van der Waals surface area contributed by atoms with Crippen molar-refractivity contribution in [3.63, 3.8) is 0 Å².